The minimum Gasteiger partial charge on any atom is -0.489 e. The number of pyridine rings is 1. The molecule has 0 aromatic carbocycles. The number of aromatic nitrogens is 1. The summed E-state index contributed by atoms with van der Waals surface area (Å²) in [7, 11) is 0. The molecular formula is C25H27NO5. The number of ether oxygens (including phenoxy) is 2. The van der Waals surface area contributed by atoms with Gasteiger partial charge in [-0.25, -0.2) is 0 Å². The Balaban J connectivity index is 1.54. The minimum atomic E-state index is -0.293. The van der Waals surface area contributed by atoms with Gasteiger partial charge in [-0.15, -0.1) is 0 Å². The molecule has 0 bridgehead atoms. The van der Waals surface area contributed by atoms with Crippen LogP contribution in [0.15, 0.2) is 59.7 Å². The van der Waals surface area contributed by atoms with Crippen molar-refractivity contribution >= 4 is 11.8 Å². The van der Waals surface area contributed by atoms with Crippen molar-refractivity contribution in [2.24, 2.45) is 17.3 Å². The summed E-state index contributed by atoms with van der Waals surface area (Å²) < 4.78 is 12.3. The Kier molecular flexibility index (Phi) is 4.85. The molecule has 1 saturated carbocycles. The largest absolute Gasteiger partial charge is 0.489 e. The van der Waals surface area contributed by atoms with Crippen LogP contribution >= 0.6 is 0 Å². The quantitative estimate of drug-likeness (QED) is 0.754. The van der Waals surface area contributed by atoms with Crippen molar-refractivity contribution < 1.29 is 24.2 Å². The van der Waals surface area contributed by atoms with Gasteiger partial charge >= 0.3 is 5.97 Å². The predicted octanol–water partition coefficient (Wildman–Crippen LogP) is 3.24. The van der Waals surface area contributed by atoms with Gasteiger partial charge < -0.3 is 14.6 Å². The maximum absolute atomic E-state index is 12.6. The number of carbonyl (C=O) groups is 2. The van der Waals surface area contributed by atoms with E-state index in [-0.39, 0.29) is 53.7 Å². The zero-order valence-electron chi connectivity index (χ0n) is 17.8. The Morgan fingerprint density at radius 2 is 2.23 bits per heavy atom. The first-order valence-corrected chi connectivity index (χ1v) is 10.9. The number of ketones is 1. The monoisotopic (exact) mass is 421 g/mol. The molecule has 1 aromatic heterocycles. The molecular weight excluding hydrogens is 394 g/mol. The van der Waals surface area contributed by atoms with Crippen molar-refractivity contribution in [2.75, 3.05) is 6.61 Å². The number of rotatable bonds is 3. The lowest BCUT2D eigenvalue weighted by Crippen LogP contribution is -2.41. The second-order valence-electron chi connectivity index (χ2n) is 9.35. The summed E-state index contributed by atoms with van der Waals surface area (Å²) in [5.74, 6) is 0.384. The Bertz CT molecular complexity index is 1010. The van der Waals surface area contributed by atoms with E-state index in [2.05, 4.69) is 24.1 Å². The third kappa shape index (κ3) is 3.24. The van der Waals surface area contributed by atoms with Crippen LogP contribution in [0, 0.1) is 17.3 Å². The van der Waals surface area contributed by atoms with Crippen LogP contribution in [0.3, 0.4) is 0 Å². The average Bonchev–Trinajstić information content (AvgIpc) is 3.04. The highest BCUT2D eigenvalue weighted by Crippen LogP contribution is 2.60. The summed E-state index contributed by atoms with van der Waals surface area (Å²) in [5.41, 5.74) is 2.38. The number of allylic oxidation sites excluding steroid dienone is 4. The highest BCUT2D eigenvalue weighted by molar-refractivity contribution is 6.00. The van der Waals surface area contributed by atoms with Crippen molar-refractivity contribution in [3.8, 4) is 0 Å². The summed E-state index contributed by atoms with van der Waals surface area (Å²) >= 11 is 0. The van der Waals surface area contributed by atoms with Crippen molar-refractivity contribution in [1.82, 2.24) is 4.98 Å². The number of hydrogen-bond donors (Lipinski definition) is 1. The highest BCUT2D eigenvalue weighted by atomic mass is 16.5. The second kappa shape index (κ2) is 7.45. The van der Waals surface area contributed by atoms with Crippen LogP contribution in [0.2, 0.25) is 0 Å². The lowest BCUT2D eigenvalue weighted by atomic mass is 9.64. The van der Waals surface area contributed by atoms with E-state index in [9.17, 15) is 14.7 Å². The molecule has 6 heteroatoms. The van der Waals surface area contributed by atoms with Gasteiger partial charge in [-0.2, -0.15) is 0 Å². The van der Waals surface area contributed by atoms with Gasteiger partial charge in [-0.3, -0.25) is 14.6 Å². The zero-order chi connectivity index (χ0) is 21.8. The summed E-state index contributed by atoms with van der Waals surface area (Å²) in [6.45, 7) is 3.62. The highest BCUT2D eigenvalue weighted by Gasteiger charge is 2.58. The zero-order valence-corrected chi connectivity index (χ0v) is 17.8. The lowest BCUT2D eigenvalue weighted by molar-refractivity contribution is -0.147. The van der Waals surface area contributed by atoms with Crippen LogP contribution in [0.4, 0.5) is 0 Å². The molecule has 0 amide bonds. The third-order valence-electron chi connectivity index (χ3n) is 7.40. The van der Waals surface area contributed by atoms with Crippen molar-refractivity contribution in [2.45, 2.75) is 51.2 Å². The Morgan fingerprint density at radius 1 is 1.39 bits per heavy atom. The van der Waals surface area contributed by atoms with Gasteiger partial charge in [-0.1, -0.05) is 25.1 Å². The molecule has 31 heavy (non-hydrogen) atoms. The fourth-order valence-corrected chi connectivity index (χ4v) is 5.99. The van der Waals surface area contributed by atoms with E-state index < -0.39 is 0 Å². The topological polar surface area (TPSA) is 85.7 Å². The van der Waals surface area contributed by atoms with Crippen LogP contribution < -0.4 is 0 Å². The average molecular weight is 421 g/mol. The fourth-order valence-electron chi connectivity index (χ4n) is 5.99. The molecule has 162 valence electrons. The first kappa shape index (κ1) is 20.2. The molecule has 2 unspecified atom stereocenters. The number of aliphatic hydroxyl groups is 1. The minimum absolute atomic E-state index is 0.0221. The Hall–Kier alpha value is -2.73. The lowest BCUT2D eigenvalue weighted by Gasteiger charge is -2.44. The fraction of sp³-hybridized carbons (Fsp3) is 0.480. The molecule has 5 rings (SSSR count). The molecule has 2 heterocycles. The molecule has 0 spiro atoms. The molecule has 0 saturated heterocycles. The van der Waals surface area contributed by atoms with Crippen LogP contribution in [0.25, 0.3) is 0 Å². The summed E-state index contributed by atoms with van der Waals surface area (Å²) in [5, 5.41) is 9.59. The molecule has 6 atom stereocenters. The molecule has 1 aromatic rings. The molecule has 6 nitrogen and oxygen atoms in total. The van der Waals surface area contributed by atoms with Gasteiger partial charge in [-0.05, 0) is 35.6 Å². The molecule has 3 aliphatic carbocycles. The smallest absolute Gasteiger partial charge is 0.302 e. The summed E-state index contributed by atoms with van der Waals surface area (Å²) in [6.07, 6.45) is 10.9. The number of hydrogen-bond acceptors (Lipinski definition) is 6. The van der Waals surface area contributed by atoms with Gasteiger partial charge in [0, 0.05) is 56.0 Å². The Labute approximate surface area is 181 Å². The third-order valence-corrected chi connectivity index (χ3v) is 7.40. The summed E-state index contributed by atoms with van der Waals surface area (Å²) in [4.78, 5) is 28.8. The van der Waals surface area contributed by atoms with Crippen molar-refractivity contribution in [3.63, 3.8) is 0 Å². The van der Waals surface area contributed by atoms with Crippen LogP contribution in [0.5, 0.6) is 0 Å². The molecule has 1 aliphatic heterocycles. The Morgan fingerprint density at radius 3 is 2.94 bits per heavy atom. The van der Waals surface area contributed by atoms with Gasteiger partial charge in [0.2, 0.25) is 0 Å². The number of carbonyl (C=O) groups excluding carboxylic acids is 2. The van der Waals surface area contributed by atoms with E-state index in [1.807, 2.05) is 24.4 Å². The van der Waals surface area contributed by atoms with Gasteiger partial charge in [0.1, 0.15) is 18.0 Å². The second-order valence-corrected chi connectivity index (χ2v) is 9.35. The van der Waals surface area contributed by atoms with E-state index in [4.69, 9.17) is 9.47 Å². The van der Waals surface area contributed by atoms with E-state index in [0.29, 0.717) is 30.6 Å². The molecule has 1 N–H and O–H groups in total. The number of esters is 1. The number of Topliss-reactive ketones (excluding diaryl/α,β-unsaturated/α-hetero) is 1. The van der Waals surface area contributed by atoms with Gasteiger partial charge in [0.15, 0.2) is 5.78 Å². The van der Waals surface area contributed by atoms with Crippen LogP contribution in [0.1, 0.15) is 44.6 Å². The summed E-state index contributed by atoms with van der Waals surface area (Å²) in [6, 6.07) is 3.95. The predicted molar refractivity (Wildman–Crippen MR) is 113 cm³/mol. The number of nitrogens with zero attached hydrogens (tertiary/aromatic N) is 1. The van der Waals surface area contributed by atoms with Gasteiger partial charge in [0.25, 0.3) is 0 Å². The number of fused-ring (bicyclic) bond motifs is 3. The van der Waals surface area contributed by atoms with Crippen molar-refractivity contribution in [1.29, 1.82) is 0 Å². The maximum atomic E-state index is 12.6. The van der Waals surface area contributed by atoms with Crippen molar-refractivity contribution in [3.05, 3.63) is 65.2 Å². The van der Waals surface area contributed by atoms with E-state index in [0.717, 1.165) is 11.1 Å². The SMILES string of the molecule is CC(=O)OC1C[C@H]2[C@@H]3OC4=C(C=C3C=C[C@]2(C)[C@H]1c1cccnc1)C(=O)CC(CO)C4. The van der Waals surface area contributed by atoms with Crippen LogP contribution in [-0.2, 0) is 19.1 Å². The van der Waals surface area contributed by atoms with Gasteiger partial charge in [0.05, 0.1) is 5.57 Å². The van der Waals surface area contributed by atoms with E-state index >= 15 is 0 Å². The first-order chi connectivity index (χ1) is 14.9. The number of aliphatic hydroxyl groups excluding tert-OH is 1. The standard InChI is InChI=1S/C25H27NO5/c1-14(28)30-22-11-19-24-16(10-18-20(29)8-15(13-27)9-21(18)31-24)5-6-25(19,2)23(22)17-4-3-7-26-12-17/h3-7,10,12,15,19,22-24,27H,8-9,11,13H2,1-2H3/t15?,19-,22?,23-,24+,25-/m0/s1. The normalized spacial score (nSPS) is 36.2. The molecule has 0 radical (unpaired) electrons. The first-order valence-electron chi connectivity index (χ1n) is 10.9. The molecule has 1 fully saturated rings. The molecule has 4 aliphatic rings. The maximum Gasteiger partial charge on any atom is 0.302 e. The van der Waals surface area contributed by atoms with E-state index in [1.165, 1.54) is 6.92 Å². The van der Waals surface area contributed by atoms with E-state index in [1.54, 1.807) is 6.20 Å². The van der Waals surface area contributed by atoms with Crippen LogP contribution in [-0.4, -0.2) is 40.7 Å².